The van der Waals surface area contributed by atoms with Gasteiger partial charge in [-0.05, 0) is 84.3 Å². The molecule has 0 bridgehead atoms. The standard InChI is InChI=1S/C25H34Cl2N2OS/c1-2-10-30-17-19-5-8-28(9-6-19)14-22-15-29(16-24(22)21-7-11-31-18-21)13-20-3-4-23(26)12-25(20)27/h3-4,7,11-12,18-19,22,24H,2,5-6,8-10,13-17H2,1H3/t22-,24+/m0/s1. The lowest BCUT2D eigenvalue weighted by Gasteiger charge is -2.34. The van der Waals surface area contributed by atoms with E-state index in [4.69, 9.17) is 27.9 Å². The molecule has 31 heavy (non-hydrogen) atoms. The van der Waals surface area contributed by atoms with Crippen LogP contribution in [-0.2, 0) is 11.3 Å². The number of ether oxygens (including phenoxy) is 1. The van der Waals surface area contributed by atoms with E-state index in [1.165, 1.54) is 43.6 Å². The first-order valence-electron chi connectivity index (χ1n) is 11.6. The van der Waals surface area contributed by atoms with E-state index in [-0.39, 0.29) is 0 Å². The van der Waals surface area contributed by atoms with E-state index < -0.39 is 0 Å². The third-order valence-corrected chi connectivity index (χ3v) is 8.09. The van der Waals surface area contributed by atoms with Crippen molar-refractivity contribution in [3.8, 4) is 0 Å². The highest BCUT2D eigenvalue weighted by atomic mass is 35.5. The molecule has 1 aromatic heterocycles. The molecule has 2 fully saturated rings. The van der Waals surface area contributed by atoms with Gasteiger partial charge in [0.05, 0.1) is 0 Å². The number of hydrogen-bond acceptors (Lipinski definition) is 4. The monoisotopic (exact) mass is 480 g/mol. The number of piperidine rings is 1. The normalized spacial score (nSPS) is 23.6. The van der Waals surface area contributed by atoms with Crippen LogP contribution >= 0.6 is 34.5 Å². The van der Waals surface area contributed by atoms with Crippen LogP contribution in [0.3, 0.4) is 0 Å². The highest BCUT2D eigenvalue weighted by Crippen LogP contribution is 2.36. The molecule has 2 atom stereocenters. The molecule has 2 aliphatic rings. The largest absolute Gasteiger partial charge is 0.381 e. The molecule has 3 nitrogen and oxygen atoms in total. The maximum atomic E-state index is 6.47. The summed E-state index contributed by atoms with van der Waals surface area (Å²) in [5.74, 6) is 2.00. The summed E-state index contributed by atoms with van der Waals surface area (Å²) < 4.78 is 5.80. The van der Waals surface area contributed by atoms with E-state index in [2.05, 4.69) is 39.6 Å². The second-order valence-electron chi connectivity index (χ2n) is 9.17. The van der Waals surface area contributed by atoms with Crippen LogP contribution in [0.4, 0.5) is 0 Å². The lowest BCUT2D eigenvalue weighted by molar-refractivity contribution is 0.0632. The zero-order valence-corrected chi connectivity index (χ0v) is 20.8. The topological polar surface area (TPSA) is 15.7 Å². The molecule has 1 aromatic carbocycles. The van der Waals surface area contributed by atoms with Crippen LogP contribution in [0, 0.1) is 11.8 Å². The van der Waals surface area contributed by atoms with Gasteiger partial charge in [-0.15, -0.1) is 0 Å². The van der Waals surface area contributed by atoms with Crippen molar-refractivity contribution in [1.82, 2.24) is 9.80 Å². The van der Waals surface area contributed by atoms with Crippen molar-refractivity contribution in [3.63, 3.8) is 0 Å². The van der Waals surface area contributed by atoms with Gasteiger partial charge in [-0.25, -0.2) is 0 Å². The van der Waals surface area contributed by atoms with Crippen LogP contribution < -0.4 is 0 Å². The first kappa shape index (κ1) is 23.5. The van der Waals surface area contributed by atoms with Crippen LogP contribution in [-0.4, -0.2) is 55.7 Å². The summed E-state index contributed by atoms with van der Waals surface area (Å²) in [5.41, 5.74) is 2.67. The average Bonchev–Trinajstić information content (AvgIpc) is 3.42. The summed E-state index contributed by atoms with van der Waals surface area (Å²) in [7, 11) is 0. The maximum Gasteiger partial charge on any atom is 0.0495 e. The molecule has 170 valence electrons. The van der Waals surface area contributed by atoms with Gasteiger partial charge in [0.15, 0.2) is 0 Å². The lowest BCUT2D eigenvalue weighted by atomic mass is 9.89. The molecular weight excluding hydrogens is 447 g/mol. The van der Waals surface area contributed by atoms with Gasteiger partial charge in [0.1, 0.15) is 0 Å². The minimum Gasteiger partial charge on any atom is -0.381 e. The molecule has 3 heterocycles. The Morgan fingerprint density at radius 1 is 1.10 bits per heavy atom. The molecule has 4 rings (SSSR count). The number of thiophene rings is 1. The van der Waals surface area contributed by atoms with Gasteiger partial charge < -0.3 is 9.64 Å². The van der Waals surface area contributed by atoms with Gasteiger partial charge in [-0.3, -0.25) is 4.90 Å². The van der Waals surface area contributed by atoms with Gasteiger partial charge in [-0.1, -0.05) is 36.2 Å². The van der Waals surface area contributed by atoms with Gasteiger partial charge in [-0.2, -0.15) is 11.3 Å². The van der Waals surface area contributed by atoms with Crippen molar-refractivity contribution >= 4 is 34.5 Å². The quantitative estimate of drug-likeness (QED) is 0.385. The van der Waals surface area contributed by atoms with Crippen molar-refractivity contribution in [1.29, 1.82) is 0 Å². The van der Waals surface area contributed by atoms with E-state index in [1.807, 2.05) is 23.5 Å². The van der Waals surface area contributed by atoms with E-state index >= 15 is 0 Å². The Balaban J connectivity index is 1.35. The number of rotatable bonds is 9. The summed E-state index contributed by atoms with van der Waals surface area (Å²) in [6.07, 6.45) is 3.65. The summed E-state index contributed by atoms with van der Waals surface area (Å²) in [4.78, 5) is 5.27. The Morgan fingerprint density at radius 2 is 1.94 bits per heavy atom. The van der Waals surface area contributed by atoms with Crippen LogP contribution in [0.25, 0.3) is 0 Å². The average molecular weight is 482 g/mol. The Kier molecular flexibility index (Phi) is 8.72. The van der Waals surface area contributed by atoms with Crippen LogP contribution in [0.15, 0.2) is 35.0 Å². The Hall–Kier alpha value is -0.620. The number of hydrogen-bond donors (Lipinski definition) is 0. The maximum absolute atomic E-state index is 6.47. The van der Waals surface area contributed by atoms with Gasteiger partial charge in [0.2, 0.25) is 0 Å². The first-order chi connectivity index (χ1) is 15.1. The van der Waals surface area contributed by atoms with E-state index in [0.717, 1.165) is 50.2 Å². The molecule has 0 unspecified atom stereocenters. The van der Waals surface area contributed by atoms with E-state index in [9.17, 15) is 0 Å². The fraction of sp³-hybridized carbons (Fsp3) is 0.600. The number of halogens is 2. The second-order valence-corrected chi connectivity index (χ2v) is 10.8. The number of likely N-dealkylation sites (tertiary alicyclic amines) is 2. The van der Waals surface area contributed by atoms with E-state index in [0.29, 0.717) is 16.9 Å². The van der Waals surface area contributed by atoms with Crippen LogP contribution in [0.5, 0.6) is 0 Å². The van der Waals surface area contributed by atoms with Crippen molar-refractivity contribution in [2.75, 3.05) is 45.9 Å². The van der Waals surface area contributed by atoms with Gasteiger partial charge >= 0.3 is 0 Å². The Morgan fingerprint density at radius 3 is 2.65 bits per heavy atom. The zero-order valence-electron chi connectivity index (χ0n) is 18.4. The molecule has 2 aliphatic heterocycles. The third kappa shape index (κ3) is 6.46. The number of benzene rings is 1. The predicted octanol–water partition coefficient (Wildman–Crippen LogP) is 6.41. The summed E-state index contributed by atoms with van der Waals surface area (Å²) >= 11 is 14.4. The van der Waals surface area contributed by atoms with Crippen LogP contribution in [0.1, 0.15) is 43.2 Å². The summed E-state index contributed by atoms with van der Waals surface area (Å²) in [6, 6.07) is 8.19. The summed E-state index contributed by atoms with van der Waals surface area (Å²) in [5, 5.41) is 6.03. The zero-order chi connectivity index (χ0) is 21.6. The van der Waals surface area contributed by atoms with E-state index in [1.54, 1.807) is 0 Å². The molecule has 0 amide bonds. The fourth-order valence-electron chi connectivity index (χ4n) is 5.09. The molecule has 2 aromatic rings. The minimum atomic E-state index is 0.600. The SMILES string of the molecule is CCCOCC1CCN(C[C@H]2CN(Cc3ccc(Cl)cc3Cl)C[C@@H]2c2ccsc2)CC1. The highest BCUT2D eigenvalue weighted by molar-refractivity contribution is 7.08. The van der Waals surface area contributed by atoms with Crippen molar-refractivity contribution in [2.24, 2.45) is 11.8 Å². The molecule has 6 heteroatoms. The van der Waals surface area contributed by atoms with Crippen molar-refractivity contribution in [3.05, 3.63) is 56.2 Å². The Labute approximate surface area is 201 Å². The molecule has 0 spiro atoms. The molecule has 0 aliphatic carbocycles. The molecule has 0 N–H and O–H groups in total. The lowest BCUT2D eigenvalue weighted by Crippen LogP contribution is -2.39. The minimum absolute atomic E-state index is 0.600. The highest BCUT2D eigenvalue weighted by Gasteiger charge is 2.35. The molecular formula is C25H34Cl2N2OS. The summed E-state index contributed by atoms with van der Waals surface area (Å²) in [6.45, 7) is 10.7. The van der Waals surface area contributed by atoms with Crippen molar-refractivity contribution in [2.45, 2.75) is 38.6 Å². The third-order valence-electron chi connectivity index (χ3n) is 6.80. The predicted molar refractivity (Wildman–Crippen MR) is 133 cm³/mol. The van der Waals surface area contributed by atoms with Crippen molar-refractivity contribution < 1.29 is 4.74 Å². The molecule has 2 saturated heterocycles. The molecule has 0 saturated carbocycles. The smallest absolute Gasteiger partial charge is 0.0495 e. The molecule has 0 radical (unpaired) electrons. The van der Waals surface area contributed by atoms with Crippen LogP contribution in [0.2, 0.25) is 10.0 Å². The number of nitrogens with zero attached hydrogens (tertiary/aromatic N) is 2. The van der Waals surface area contributed by atoms with Gasteiger partial charge in [0, 0.05) is 55.4 Å². The second kappa shape index (κ2) is 11.5. The Bertz CT molecular complexity index is 808. The fourth-order valence-corrected chi connectivity index (χ4v) is 6.28. The van der Waals surface area contributed by atoms with Gasteiger partial charge in [0.25, 0.3) is 0 Å². The first-order valence-corrected chi connectivity index (χ1v) is 13.3.